The van der Waals surface area contributed by atoms with Crippen LogP contribution in [0.2, 0.25) is 0 Å². The van der Waals surface area contributed by atoms with Crippen LogP contribution in [0.3, 0.4) is 0 Å². The number of nitrogens with two attached hydrogens (primary N) is 1. The number of aliphatic hydroxyl groups excluding tert-OH is 1. The molecule has 7 heteroatoms. The van der Waals surface area contributed by atoms with Gasteiger partial charge in [-0.25, -0.2) is 0 Å². The number of morpholine rings is 1. The van der Waals surface area contributed by atoms with Crippen molar-refractivity contribution >= 4 is 11.4 Å². The van der Waals surface area contributed by atoms with Gasteiger partial charge in [0.05, 0.1) is 24.2 Å². The third-order valence-electron chi connectivity index (χ3n) is 3.52. The molecule has 2 rings (SSSR count). The van der Waals surface area contributed by atoms with Crippen molar-refractivity contribution in [3.8, 4) is 0 Å². The lowest BCUT2D eigenvalue weighted by Crippen LogP contribution is -2.48. The minimum atomic E-state index is -0.474. The third kappa shape index (κ3) is 3.24. The molecule has 0 amide bonds. The second kappa shape index (κ2) is 6.17. The smallest absolute Gasteiger partial charge is 0.292 e. The van der Waals surface area contributed by atoms with E-state index in [0.717, 1.165) is 5.56 Å². The van der Waals surface area contributed by atoms with Gasteiger partial charge in [-0.15, -0.1) is 0 Å². The molecule has 0 bridgehead atoms. The highest BCUT2D eigenvalue weighted by Gasteiger charge is 2.26. The summed E-state index contributed by atoms with van der Waals surface area (Å²) in [4.78, 5) is 12.6. The van der Waals surface area contributed by atoms with E-state index < -0.39 is 4.92 Å². The average molecular weight is 281 g/mol. The fourth-order valence-corrected chi connectivity index (χ4v) is 2.29. The fraction of sp³-hybridized carbons (Fsp3) is 0.538. The van der Waals surface area contributed by atoms with Gasteiger partial charge in [-0.2, -0.15) is 0 Å². The molecular formula is C13H19N3O4. The van der Waals surface area contributed by atoms with Crippen LogP contribution in [0, 0.1) is 10.1 Å². The molecule has 110 valence electrons. The second-order valence-electron chi connectivity index (χ2n) is 5.07. The summed E-state index contributed by atoms with van der Waals surface area (Å²) in [5.41, 5.74) is 6.52. The van der Waals surface area contributed by atoms with Crippen molar-refractivity contribution < 1.29 is 14.8 Å². The standard InChI is InChI=1S/C13H19N3O4/c1-9-8-20-11(7-17)6-15(9)5-10-2-3-12(14)13(4-10)16(18)19/h2-4,9,11,17H,5-8,14H2,1H3. The summed E-state index contributed by atoms with van der Waals surface area (Å²) in [5.74, 6) is 0. The zero-order chi connectivity index (χ0) is 14.7. The van der Waals surface area contributed by atoms with Gasteiger partial charge in [0.25, 0.3) is 5.69 Å². The van der Waals surface area contributed by atoms with Crippen molar-refractivity contribution in [2.24, 2.45) is 0 Å². The van der Waals surface area contributed by atoms with Crippen LogP contribution in [0.1, 0.15) is 12.5 Å². The van der Waals surface area contributed by atoms with Crippen molar-refractivity contribution in [2.75, 3.05) is 25.5 Å². The van der Waals surface area contributed by atoms with E-state index in [-0.39, 0.29) is 30.1 Å². The molecule has 2 atom stereocenters. The zero-order valence-electron chi connectivity index (χ0n) is 11.4. The average Bonchev–Trinajstić information content (AvgIpc) is 2.43. The maximum absolute atomic E-state index is 10.9. The maximum atomic E-state index is 10.9. The quantitative estimate of drug-likeness (QED) is 0.480. The van der Waals surface area contributed by atoms with Crippen LogP contribution >= 0.6 is 0 Å². The molecule has 1 fully saturated rings. The Hall–Kier alpha value is -1.70. The van der Waals surface area contributed by atoms with Crippen molar-refractivity contribution in [2.45, 2.75) is 25.6 Å². The van der Waals surface area contributed by atoms with Crippen molar-refractivity contribution in [3.63, 3.8) is 0 Å². The second-order valence-corrected chi connectivity index (χ2v) is 5.07. The van der Waals surface area contributed by atoms with E-state index in [4.69, 9.17) is 15.6 Å². The Morgan fingerprint density at radius 2 is 2.35 bits per heavy atom. The van der Waals surface area contributed by atoms with Crippen molar-refractivity contribution in [1.82, 2.24) is 4.90 Å². The first-order chi connectivity index (χ1) is 9.51. The van der Waals surface area contributed by atoms with Crippen LogP contribution in [0.4, 0.5) is 11.4 Å². The molecule has 20 heavy (non-hydrogen) atoms. The summed E-state index contributed by atoms with van der Waals surface area (Å²) in [6.45, 7) is 3.73. The SMILES string of the molecule is CC1COC(CO)CN1Cc1ccc(N)c([N+](=O)[O-])c1. The van der Waals surface area contributed by atoms with E-state index in [0.29, 0.717) is 19.7 Å². The van der Waals surface area contributed by atoms with Gasteiger partial charge in [0.2, 0.25) is 0 Å². The normalized spacial score (nSPS) is 23.7. The Kier molecular flexibility index (Phi) is 4.53. The highest BCUT2D eigenvalue weighted by molar-refractivity contribution is 5.59. The Morgan fingerprint density at radius 1 is 1.60 bits per heavy atom. The number of aliphatic hydroxyl groups is 1. The molecule has 0 aromatic heterocycles. The number of nitrogen functional groups attached to an aromatic ring is 1. The highest BCUT2D eigenvalue weighted by Crippen LogP contribution is 2.24. The number of anilines is 1. The van der Waals surface area contributed by atoms with Crippen LogP contribution in [0.15, 0.2) is 18.2 Å². The van der Waals surface area contributed by atoms with Crippen LogP contribution < -0.4 is 5.73 Å². The van der Waals surface area contributed by atoms with E-state index in [1.165, 1.54) is 6.07 Å². The topological polar surface area (TPSA) is 102 Å². The molecule has 3 N–H and O–H groups in total. The van der Waals surface area contributed by atoms with Gasteiger partial charge in [-0.05, 0) is 18.6 Å². The number of hydrogen-bond donors (Lipinski definition) is 2. The molecule has 1 heterocycles. The Morgan fingerprint density at radius 3 is 3.00 bits per heavy atom. The van der Waals surface area contributed by atoms with E-state index in [2.05, 4.69) is 4.90 Å². The van der Waals surface area contributed by atoms with Gasteiger partial charge >= 0.3 is 0 Å². The zero-order valence-corrected chi connectivity index (χ0v) is 11.4. The van der Waals surface area contributed by atoms with Crippen LogP contribution in [-0.4, -0.2) is 46.8 Å². The Balaban J connectivity index is 2.12. The molecule has 1 aromatic rings. The molecule has 2 unspecified atom stereocenters. The van der Waals surface area contributed by atoms with Crippen LogP contribution in [0.5, 0.6) is 0 Å². The third-order valence-corrected chi connectivity index (χ3v) is 3.52. The largest absolute Gasteiger partial charge is 0.394 e. The predicted octanol–water partition coefficient (Wildman–Crippen LogP) is 0.759. The molecule has 1 saturated heterocycles. The number of benzene rings is 1. The number of ether oxygens (including phenoxy) is 1. The van der Waals surface area contributed by atoms with Crippen molar-refractivity contribution in [1.29, 1.82) is 0 Å². The first-order valence-electron chi connectivity index (χ1n) is 6.50. The maximum Gasteiger partial charge on any atom is 0.292 e. The van der Waals surface area contributed by atoms with E-state index in [1.807, 2.05) is 6.92 Å². The lowest BCUT2D eigenvalue weighted by molar-refractivity contribution is -0.384. The molecule has 7 nitrogen and oxygen atoms in total. The van der Waals surface area contributed by atoms with Crippen LogP contribution in [-0.2, 0) is 11.3 Å². The van der Waals surface area contributed by atoms with E-state index in [9.17, 15) is 10.1 Å². The molecule has 1 aromatic carbocycles. The van der Waals surface area contributed by atoms with Gasteiger partial charge in [0, 0.05) is 25.2 Å². The first kappa shape index (κ1) is 14.7. The summed E-state index contributed by atoms with van der Waals surface area (Å²) in [6.07, 6.45) is -0.199. The number of hydrogen-bond acceptors (Lipinski definition) is 6. The number of nitro benzene ring substituents is 1. The number of nitro groups is 1. The van der Waals surface area contributed by atoms with Gasteiger partial charge in [0.15, 0.2) is 0 Å². The summed E-state index contributed by atoms with van der Waals surface area (Å²) in [5, 5.41) is 20.0. The van der Waals surface area contributed by atoms with Crippen molar-refractivity contribution in [3.05, 3.63) is 33.9 Å². The minimum Gasteiger partial charge on any atom is -0.394 e. The molecule has 1 aliphatic rings. The molecule has 1 aliphatic heterocycles. The summed E-state index contributed by atoms with van der Waals surface area (Å²) >= 11 is 0. The minimum absolute atomic E-state index is 0.0227. The number of rotatable bonds is 4. The van der Waals surface area contributed by atoms with E-state index in [1.54, 1.807) is 12.1 Å². The molecule has 0 spiro atoms. The Labute approximate surface area is 117 Å². The lowest BCUT2D eigenvalue weighted by atomic mass is 10.1. The first-order valence-corrected chi connectivity index (χ1v) is 6.50. The highest BCUT2D eigenvalue weighted by atomic mass is 16.6. The van der Waals surface area contributed by atoms with Gasteiger partial charge in [-0.1, -0.05) is 6.07 Å². The molecule has 0 aliphatic carbocycles. The molecule has 0 radical (unpaired) electrons. The fourth-order valence-electron chi connectivity index (χ4n) is 2.29. The summed E-state index contributed by atoms with van der Waals surface area (Å²) in [6, 6.07) is 5.06. The van der Waals surface area contributed by atoms with Crippen LogP contribution in [0.25, 0.3) is 0 Å². The molecule has 0 saturated carbocycles. The Bertz CT molecular complexity index is 495. The summed E-state index contributed by atoms with van der Waals surface area (Å²) in [7, 11) is 0. The summed E-state index contributed by atoms with van der Waals surface area (Å²) < 4.78 is 5.47. The number of nitrogens with zero attached hydrogens (tertiary/aromatic N) is 2. The van der Waals surface area contributed by atoms with Gasteiger partial charge in [0.1, 0.15) is 5.69 Å². The van der Waals surface area contributed by atoms with E-state index >= 15 is 0 Å². The van der Waals surface area contributed by atoms with Gasteiger partial charge < -0.3 is 15.6 Å². The lowest BCUT2D eigenvalue weighted by Gasteiger charge is -2.37. The predicted molar refractivity (Wildman–Crippen MR) is 74.2 cm³/mol. The van der Waals surface area contributed by atoms with Gasteiger partial charge in [-0.3, -0.25) is 15.0 Å². The molecular weight excluding hydrogens is 262 g/mol. The monoisotopic (exact) mass is 281 g/mol.